The smallest absolute Gasteiger partial charge is 0.269 e. The minimum atomic E-state index is -3.85. The summed E-state index contributed by atoms with van der Waals surface area (Å²) in [5.41, 5.74) is 0.370. The third kappa shape index (κ3) is 2.20. The zero-order valence-electron chi connectivity index (χ0n) is 11.5. The van der Waals surface area contributed by atoms with E-state index in [1.165, 1.54) is 37.5 Å². The summed E-state index contributed by atoms with van der Waals surface area (Å²) in [7, 11) is -3.85. The first kappa shape index (κ1) is 14.7. The molecule has 0 atom stereocenters. The van der Waals surface area contributed by atoms with Crippen molar-refractivity contribution in [1.82, 2.24) is 8.96 Å². The number of benzene rings is 1. The van der Waals surface area contributed by atoms with E-state index < -0.39 is 10.0 Å². The topological polar surface area (TPSA) is 69.0 Å². The number of ketones is 1. The molecule has 0 saturated carbocycles. The summed E-state index contributed by atoms with van der Waals surface area (Å²) < 4.78 is 26.5. The second kappa shape index (κ2) is 5.23. The van der Waals surface area contributed by atoms with Crippen LogP contribution in [0.15, 0.2) is 53.7 Å². The first-order valence-corrected chi connectivity index (χ1v) is 8.22. The second-order valence-corrected chi connectivity index (χ2v) is 6.93. The predicted molar refractivity (Wildman–Crippen MR) is 83.8 cm³/mol. The number of aromatic nitrogens is 2. The van der Waals surface area contributed by atoms with Crippen LogP contribution in [0.3, 0.4) is 0 Å². The molecule has 0 saturated heterocycles. The Morgan fingerprint density at radius 1 is 1.18 bits per heavy atom. The summed E-state index contributed by atoms with van der Waals surface area (Å²) in [6.07, 6.45) is 2.68. The maximum Gasteiger partial charge on any atom is 0.269 e. The first-order valence-electron chi connectivity index (χ1n) is 6.40. The van der Waals surface area contributed by atoms with Crippen molar-refractivity contribution in [2.75, 3.05) is 0 Å². The molecule has 0 N–H and O–H groups in total. The van der Waals surface area contributed by atoms with Crippen molar-refractivity contribution in [2.24, 2.45) is 0 Å². The SMILES string of the molecule is CC(=O)c1cn(S(=O)(=O)c2ccccc2)c2nccc(Cl)c12. The lowest BCUT2D eigenvalue weighted by Crippen LogP contribution is -2.12. The molecule has 3 rings (SSSR count). The number of pyridine rings is 1. The average molecular weight is 335 g/mol. The van der Waals surface area contributed by atoms with Crippen LogP contribution in [0, 0.1) is 0 Å². The highest BCUT2D eigenvalue weighted by Gasteiger charge is 2.24. The van der Waals surface area contributed by atoms with Crippen LogP contribution in [-0.2, 0) is 10.0 Å². The van der Waals surface area contributed by atoms with Crippen molar-refractivity contribution in [3.05, 3.63) is 59.4 Å². The fourth-order valence-corrected chi connectivity index (χ4v) is 3.82. The quantitative estimate of drug-likeness (QED) is 0.690. The van der Waals surface area contributed by atoms with E-state index in [0.717, 1.165) is 3.97 Å². The molecule has 0 aliphatic rings. The Balaban J connectivity index is 2.38. The van der Waals surface area contributed by atoms with Gasteiger partial charge in [0.05, 0.1) is 9.92 Å². The van der Waals surface area contributed by atoms with E-state index in [2.05, 4.69) is 4.98 Å². The predicted octanol–water partition coefficient (Wildman–Crippen LogP) is 3.13. The number of hydrogen-bond acceptors (Lipinski definition) is 4. The van der Waals surface area contributed by atoms with Gasteiger partial charge in [0.2, 0.25) is 0 Å². The lowest BCUT2D eigenvalue weighted by molar-refractivity contribution is 0.101. The van der Waals surface area contributed by atoms with Gasteiger partial charge < -0.3 is 0 Å². The van der Waals surface area contributed by atoms with Crippen LogP contribution in [0.4, 0.5) is 0 Å². The Hall–Kier alpha value is -2.18. The van der Waals surface area contributed by atoms with E-state index in [1.54, 1.807) is 18.2 Å². The van der Waals surface area contributed by atoms with Crippen molar-refractivity contribution < 1.29 is 13.2 Å². The van der Waals surface area contributed by atoms with Gasteiger partial charge in [-0.25, -0.2) is 17.4 Å². The third-order valence-electron chi connectivity index (χ3n) is 3.28. The molecule has 7 heteroatoms. The summed E-state index contributed by atoms with van der Waals surface area (Å²) >= 11 is 6.12. The fraction of sp³-hybridized carbons (Fsp3) is 0.0667. The molecule has 2 heterocycles. The van der Waals surface area contributed by atoms with E-state index >= 15 is 0 Å². The van der Waals surface area contributed by atoms with Crippen LogP contribution in [0.5, 0.6) is 0 Å². The Morgan fingerprint density at radius 3 is 2.50 bits per heavy atom. The number of rotatable bonds is 3. The molecule has 5 nitrogen and oxygen atoms in total. The Labute approximate surface area is 132 Å². The molecule has 0 unspecified atom stereocenters. The summed E-state index contributed by atoms with van der Waals surface area (Å²) in [5.74, 6) is -0.276. The fourth-order valence-electron chi connectivity index (χ4n) is 2.24. The normalized spacial score (nSPS) is 11.7. The van der Waals surface area contributed by atoms with E-state index in [-0.39, 0.29) is 26.9 Å². The van der Waals surface area contributed by atoms with Crippen LogP contribution < -0.4 is 0 Å². The molecule has 0 aliphatic heterocycles. The van der Waals surface area contributed by atoms with E-state index in [1.807, 2.05) is 0 Å². The average Bonchev–Trinajstić information content (AvgIpc) is 2.90. The monoisotopic (exact) mass is 334 g/mol. The lowest BCUT2D eigenvalue weighted by atomic mass is 10.1. The molecule has 0 spiro atoms. The highest BCUT2D eigenvalue weighted by Crippen LogP contribution is 2.30. The molecule has 0 bridgehead atoms. The maximum atomic E-state index is 12.8. The second-order valence-electron chi connectivity index (χ2n) is 4.70. The van der Waals surface area contributed by atoms with Gasteiger partial charge in [-0.2, -0.15) is 0 Å². The van der Waals surface area contributed by atoms with Gasteiger partial charge in [0.15, 0.2) is 11.4 Å². The lowest BCUT2D eigenvalue weighted by Gasteiger charge is -2.06. The van der Waals surface area contributed by atoms with Gasteiger partial charge in [0.1, 0.15) is 0 Å². The molecule has 112 valence electrons. The molecule has 2 aromatic heterocycles. The zero-order valence-corrected chi connectivity index (χ0v) is 13.1. The number of fused-ring (bicyclic) bond motifs is 1. The molecule has 0 fully saturated rings. The third-order valence-corrected chi connectivity index (χ3v) is 5.26. The van der Waals surface area contributed by atoms with Crippen molar-refractivity contribution in [2.45, 2.75) is 11.8 Å². The molecular formula is C15H11ClN2O3S. The standard InChI is InChI=1S/C15H11ClN2O3S/c1-10(19)12-9-18(15-14(12)13(16)7-8-17-15)22(20,21)11-5-3-2-4-6-11/h2-9H,1H3. The number of hydrogen-bond donors (Lipinski definition) is 0. The Kier molecular flexibility index (Phi) is 3.50. The molecule has 1 aromatic carbocycles. The van der Waals surface area contributed by atoms with Gasteiger partial charge in [0.25, 0.3) is 10.0 Å². The Bertz CT molecular complexity index is 979. The van der Waals surface area contributed by atoms with Crippen LogP contribution in [0.2, 0.25) is 5.02 Å². The number of Topliss-reactive ketones (excluding diaryl/α,β-unsaturated/α-hetero) is 1. The van der Waals surface area contributed by atoms with Gasteiger partial charge >= 0.3 is 0 Å². The van der Waals surface area contributed by atoms with Crippen LogP contribution in [-0.4, -0.2) is 23.2 Å². The van der Waals surface area contributed by atoms with E-state index in [4.69, 9.17) is 11.6 Å². The van der Waals surface area contributed by atoms with Crippen molar-refractivity contribution in [3.8, 4) is 0 Å². The molecule has 0 aliphatic carbocycles. The van der Waals surface area contributed by atoms with Crippen molar-refractivity contribution >= 4 is 38.4 Å². The number of carbonyl (C=O) groups is 1. The largest absolute Gasteiger partial charge is 0.294 e. The van der Waals surface area contributed by atoms with E-state index in [0.29, 0.717) is 5.39 Å². The van der Waals surface area contributed by atoms with E-state index in [9.17, 15) is 13.2 Å². The van der Waals surface area contributed by atoms with Gasteiger partial charge in [-0.05, 0) is 25.1 Å². The molecule has 0 amide bonds. The summed E-state index contributed by atoms with van der Waals surface area (Å²) in [6, 6.07) is 9.48. The zero-order chi connectivity index (χ0) is 15.9. The number of halogens is 1. The molecule has 3 aromatic rings. The van der Waals surface area contributed by atoms with Crippen LogP contribution in [0.1, 0.15) is 17.3 Å². The molecule has 22 heavy (non-hydrogen) atoms. The molecular weight excluding hydrogens is 324 g/mol. The summed E-state index contributed by atoms with van der Waals surface area (Å²) in [6.45, 7) is 1.36. The van der Waals surface area contributed by atoms with Gasteiger partial charge in [0, 0.05) is 23.3 Å². The molecule has 0 radical (unpaired) electrons. The Morgan fingerprint density at radius 2 is 1.86 bits per heavy atom. The minimum Gasteiger partial charge on any atom is -0.294 e. The maximum absolute atomic E-state index is 12.8. The van der Waals surface area contributed by atoms with Crippen molar-refractivity contribution in [1.29, 1.82) is 0 Å². The highest BCUT2D eigenvalue weighted by molar-refractivity contribution is 7.90. The van der Waals surface area contributed by atoms with Gasteiger partial charge in [-0.15, -0.1) is 0 Å². The number of carbonyl (C=O) groups excluding carboxylic acids is 1. The summed E-state index contributed by atoms with van der Waals surface area (Å²) in [5, 5.41) is 0.633. The number of nitrogens with zero attached hydrogens (tertiary/aromatic N) is 2. The minimum absolute atomic E-state index is 0.115. The first-order chi connectivity index (χ1) is 10.4. The highest BCUT2D eigenvalue weighted by atomic mass is 35.5. The van der Waals surface area contributed by atoms with Gasteiger partial charge in [-0.1, -0.05) is 29.8 Å². The van der Waals surface area contributed by atoms with Crippen LogP contribution in [0.25, 0.3) is 11.0 Å². The van der Waals surface area contributed by atoms with Gasteiger partial charge in [-0.3, -0.25) is 4.79 Å². The van der Waals surface area contributed by atoms with Crippen molar-refractivity contribution in [3.63, 3.8) is 0 Å². The summed E-state index contributed by atoms with van der Waals surface area (Å²) in [4.78, 5) is 16.0. The van der Waals surface area contributed by atoms with Crippen LogP contribution >= 0.6 is 11.6 Å².